The molecule has 1 aliphatic rings. The molecular formula is C13H13IO2. The summed E-state index contributed by atoms with van der Waals surface area (Å²) < 4.78 is 5.64. The minimum atomic E-state index is -0.169. The van der Waals surface area contributed by atoms with Crippen LogP contribution in [0.2, 0.25) is 0 Å². The average molecular weight is 328 g/mol. The Kier molecular flexibility index (Phi) is 3.63. The molecule has 1 fully saturated rings. The Hall–Kier alpha value is -0.840. The van der Waals surface area contributed by atoms with Gasteiger partial charge in [0.25, 0.3) is 0 Å². The zero-order valence-electron chi connectivity index (χ0n) is 9.02. The van der Waals surface area contributed by atoms with Gasteiger partial charge < -0.3 is 4.74 Å². The number of carbonyl (C=O) groups is 1. The maximum Gasteiger partial charge on any atom is 0.334 e. The lowest BCUT2D eigenvalue weighted by molar-refractivity contribution is -0.138. The van der Waals surface area contributed by atoms with Crippen molar-refractivity contribution in [2.75, 3.05) is 0 Å². The van der Waals surface area contributed by atoms with Gasteiger partial charge in [-0.2, -0.15) is 0 Å². The molecule has 0 saturated carbocycles. The molecule has 0 unspecified atom stereocenters. The number of hydrogen-bond donors (Lipinski definition) is 0. The normalized spacial score (nSPS) is 24.5. The fourth-order valence-corrected chi connectivity index (χ4v) is 2.08. The van der Waals surface area contributed by atoms with Crippen molar-refractivity contribution < 1.29 is 9.53 Å². The Morgan fingerprint density at radius 3 is 2.69 bits per heavy atom. The number of rotatable bonds is 2. The van der Waals surface area contributed by atoms with Crippen LogP contribution in [-0.2, 0) is 9.53 Å². The molecule has 0 aromatic heterocycles. The van der Waals surface area contributed by atoms with E-state index in [1.54, 1.807) is 0 Å². The van der Waals surface area contributed by atoms with Crippen molar-refractivity contribution in [3.05, 3.63) is 41.5 Å². The summed E-state index contributed by atoms with van der Waals surface area (Å²) in [6.07, 6.45) is 2.67. The van der Waals surface area contributed by atoms with Crippen LogP contribution in [-0.4, -0.2) is 16.0 Å². The van der Waals surface area contributed by atoms with E-state index in [1.165, 1.54) is 0 Å². The molecule has 1 saturated heterocycles. The van der Waals surface area contributed by atoms with Gasteiger partial charge in [-0.1, -0.05) is 52.9 Å². The number of halogens is 1. The molecule has 0 radical (unpaired) electrons. The van der Waals surface area contributed by atoms with Crippen LogP contribution in [0.4, 0.5) is 0 Å². The van der Waals surface area contributed by atoms with Crippen molar-refractivity contribution in [1.82, 2.24) is 0 Å². The number of ether oxygens (including phenoxy) is 1. The molecule has 2 rings (SSSR count). The quantitative estimate of drug-likeness (QED) is 0.361. The van der Waals surface area contributed by atoms with E-state index in [4.69, 9.17) is 4.74 Å². The Morgan fingerprint density at radius 2 is 2.12 bits per heavy atom. The van der Waals surface area contributed by atoms with Crippen LogP contribution >= 0.6 is 22.6 Å². The fraction of sp³-hybridized carbons (Fsp3) is 0.308. The highest BCUT2D eigenvalue weighted by atomic mass is 127. The highest BCUT2D eigenvalue weighted by Crippen LogP contribution is 2.27. The zero-order chi connectivity index (χ0) is 11.5. The third kappa shape index (κ3) is 2.64. The standard InChI is InChI=1S/C13H13IO2/c1-9(14)12-8-11(13(15)16-12)7-10-5-3-2-4-6-10/h2-7,9,12H,8H2,1H3/b11-7+/t9-,12-/m0/s1. The SMILES string of the molecule is C[C@H](I)[C@@H]1C/C(=C\c2ccccc2)C(=O)O1. The van der Waals surface area contributed by atoms with Gasteiger partial charge in [0.1, 0.15) is 6.10 Å². The lowest BCUT2D eigenvalue weighted by Gasteiger charge is -2.09. The molecule has 3 heteroatoms. The predicted molar refractivity (Wildman–Crippen MR) is 72.4 cm³/mol. The van der Waals surface area contributed by atoms with E-state index in [2.05, 4.69) is 29.5 Å². The monoisotopic (exact) mass is 328 g/mol. The first-order valence-electron chi connectivity index (χ1n) is 5.27. The van der Waals surface area contributed by atoms with Crippen LogP contribution in [0.5, 0.6) is 0 Å². The van der Waals surface area contributed by atoms with Crippen LogP contribution in [0.15, 0.2) is 35.9 Å². The summed E-state index contributed by atoms with van der Waals surface area (Å²) in [7, 11) is 0. The van der Waals surface area contributed by atoms with Crippen molar-refractivity contribution in [3.8, 4) is 0 Å². The number of cyclic esters (lactones) is 1. The van der Waals surface area contributed by atoms with Gasteiger partial charge in [0.2, 0.25) is 0 Å². The minimum absolute atomic E-state index is 0.0306. The molecule has 0 aliphatic carbocycles. The molecule has 0 bridgehead atoms. The largest absolute Gasteiger partial charge is 0.458 e. The van der Waals surface area contributed by atoms with Gasteiger partial charge in [-0.05, 0) is 18.6 Å². The average Bonchev–Trinajstić information content (AvgIpc) is 2.62. The van der Waals surface area contributed by atoms with E-state index < -0.39 is 0 Å². The number of esters is 1. The van der Waals surface area contributed by atoms with Crippen molar-refractivity contribution in [3.63, 3.8) is 0 Å². The van der Waals surface area contributed by atoms with Crippen molar-refractivity contribution in [1.29, 1.82) is 0 Å². The van der Waals surface area contributed by atoms with Crippen molar-refractivity contribution >= 4 is 34.6 Å². The summed E-state index contributed by atoms with van der Waals surface area (Å²) in [5.41, 5.74) is 1.83. The van der Waals surface area contributed by atoms with E-state index in [0.29, 0.717) is 3.92 Å². The topological polar surface area (TPSA) is 26.3 Å². The van der Waals surface area contributed by atoms with E-state index in [-0.39, 0.29) is 12.1 Å². The summed E-state index contributed by atoms with van der Waals surface area (Å²) >= 11 is 2.29. The first kappa shape index (κ1) is 11.6. The Morgan fingerprint density at radius 1 is 1.44 bits per heavy atom. The molecule has 1 aromatic carbocycles. The van der Waals surface area contributed by atoms with Crippen molar-refractivity contribution in [2.45, 2.75) is 23.4 Å². The molecule has 0 spiro atoms. The van der Waals surface area contributed by atoms with Gasteiger partial charge in [-0.15, -0.1) is 0 Å². The van der Waals surface area contributed by atoms with Gasteiger partial charge in [-0.25, -0.2) is 4.79 Å². The summed E-state index contributed by atoms with van der Waals surface area (Å²) in [6.45, 7) is 2.06. The summed E-state index contributed by atoms with van der Waals surface area (Å²) in [4.78, 5) is 11.6. The molecular weight excluding hydrogens is 315 g/mol. The van der Waals surface area contributed by atoms with Gasteiger partial charge >= 0.3 is 5.97 Å². The Bertz CT molecular complexity index is 409. The lowest BCUT2D eigenvalue weighted by atomic mass is 10.1. The molecule has 2 atom stereocenters. The van der Waals surface area contributed by atoms with E-state index in [9.17, 15) is 4.79 Å². The Balaban J connectivity index is 2.17. The number of carbonyl (C=O) groups excluding carboxylic acids is 1. The zero-order valence-corrected chi connectivity index (χ0v) is 11.2. The third-order valence-corrected chi connectivity index (χ3v) is 3.40. The Labute approximate surface area is 109 Å². The van der Waals surface area contributed by atoms with Crippen LogP contribution < -0.4 is 0 Å². The highest BCUT2D eigenvalue weighted by molar-refractivity contribution is 14.1. The first-order valence-corrected chi connectivity index (χ1v) is 6.52. The number of alkyl halides is 1. The molecule has 16 heavy (non-hydrogen) atoms. The van der Waals surface area contributed by atoms with Crippen LogP contribution in [0.1, 0.15) is 18.9 Å². The molecule has 2 nitrogen and oxygen atoms in total. The number of hydrogen-bond acceptors (Lipinski definition) is 2. The summed E-state index contributed by atoms with van der Waals surface area (Å²) in [5.74, 6) is -0.169. The second-order valence-electron chi connectivity index (χ2n) is 3.91. The lowest BCUT2D eigenvalue weighted by Crippen LogP contribution is -2.16. The molecule has 1 heterocycles. The maximum absolute atomic E-state index is 11.6. The van der Waals surface area contributed by atoms with E-state index in [1.807, 2.05) is 36.4 Å². The van der Waals surface area contributed by atoms with Gasteiger partial charge in [0, 0.05) is 15.9 Å². The van der Waals surface area contributed by atoms with Crippen LogP contribution in [0.3, 0.4) is 0 Å². The second kappa shape index (κ2) is 4.99. The second-order valence-corrected chi connectivity index (χ2v) is 5.87. The molecule has 84 valence electrons. The molecule has 1 aromatic rings. The number of benzene rings is 1. The van der Waals surface area contributed by atoms with Crippen molar-refractivity contribution in [2.24, 2.45) is 0 Å². The van der Waals surface area contributed by atoms with Crippen LogP contribution in [0.25, 0.3) is 6.08 Å². The summed E-state index contributed by atoms with van der Waals surface area (Å²) in [5, 5.41) is 0. The minimum Gasteiger partial charge on any atom is -0.458 e. The van der Waals surface area contributed by atoms with Gasteiger partial charge in [-0.3, -0.25) is 0 Å². The highest BCUT2D eigenvalue weighted by Gasteiger charge is 2.31. The predicted octanol–water partition coefficient (Wildman–Crippen LogP) is 3.21. The first-order chi connectivity index (χ1) is 7.66. The van der Waals surface area contributed by atoms with Crippen LogP contribution in [0, 0.1) is 0 Å². The molecule has 0 N–H and O–H groups in total. The smallest absolute Gasteiger partial charge is 0.334 e. The fourth-order valence-electron chi connectivity index (χ4n) is 1.68. The van der Waals surface area contributed by atoms with Gasteiger partial charge in [0.05, 0.1) is 0 Å². The van der Waals surface area contributed by atoms with E-state index >= 15 is 0 Å². The molecule has 1 aliphatic heterocycles. The molecule has 0 amide bonds. The van der Waals surface area contributed by atoms with E-state index in [0.717, 1.165) is 17.6 Å². The third-order valence-electron chi connectivity index (χ3n) is 2.59. The maximum atomic E-state index is 11.6. The summed E-state index contributed by atoms with van der Waals surface area (Å²) in [6, 6.07) is 9.86. The van der Waals surface area contributed by atoms with Gasteiger partial charge in [0.15, 0.2) is 0 Å².